The number of hydrogen-bond acceptors (Lipinski definition) is 4. The second kappa shape index (κ2) is 10.6. The van der Waals surface area contributed by atoms with Gasteiger partial charge in [0.2, 0.25) is 5.91 Å². The van der Waals surface area contributed by atoms with Crippen LogP contribution in [-0.2, 0) is 16.0 Å². The minimum Gasteiger partial charge on any atom is -0.497 e. The van der Waals surface area contributed by atoms with Crippen LogP contribution in [0.1, 0.15) is 47.7 Å². The van der Waals surface area contributed by atoms with Gasteiger partial charge in [-0.25, -0.2) is 4.90 Å². The maximum Gasteiger partial charge on any atom is 0.257 e. The standard InChI is InChI=1S/C29H30N2O4/c1-20(2)22-12-14-24(15-13-22)31-27(32)19-26(29(31)34)30(17-16-21-8-5-4-6-9-21)28(33)23-10-7-11-25(18-23)35-3/h4-15,18,20,26H,16-17,19H2,1-3H3. The van der Waals surface area contributed by atoms with Gasteiger partial charge in [-0.3, -0.25) is 14.4 Å². The average Bonchev–Trinajstić information content (AvgIpc) is 3.18. The molecule has 1 aliphatic rings. The van der Waals surface area contributed by atoms with E-state index < -0.39 is 6.04 Å². The molecule has 0 spiro atoms. The van der Waals surface area contributed by atoms with Crippen molar-refractivity contribution < 1.29 is 19.1 Å². The van der Waals surface area contributed by atoms with Crippen molar-refractivity contribution in [2.75, 3.05) is 18.6 Å². The van der Waals surface area contributed by atoms with E-state index in [1.807, 2.05) is 42.5 Å². The molecule has 1 unspecified atom stereocenters. The van der Waals surface area contributed by atoms with Crippen molar-refractivity contribution in [1.82, 2.24) is 4.90 Å². The van der Waals surface area contributed by atoms with Crippen LogP contribution in [0.2, 0.25) is 0 Å². The molecule has 3 aromatic rings. The van der Waals surface area contributed by atoms with Gasteiger partial charge in [0.1, 0.15) is 11.8 Å². The summed E-state index contributed by atoms with van der Waals surface area (Å²) in [5, 5.41) is 0. The Morgan fingerprint density at radius 3 is 2.37 bits per heavy atom. The van der Waals surface area contributed by atoms with Crippen LogP contribution in [-0.4, -0.2) is 42.3 Å². The Labute approximate surface area is 206 Å². The Kier molecular flexibility index (Phi) is 7.30. The third kappa shape index (κ3) is 5.27. The first-order valence-electron chi connectivity index (χ1n) is 11.8. The Balaban J connectivity index is 1.63. The molecule has 0 aliphatic carbocycles. The summed E-state index contributed by atoms with van der Waals surface area (Å²) in [6, 6.07) is 23.2. The van der Waals surface area contributed by atoms with Crippen molar-refractivity contribution in [2.24, 2.45) is 0 Å². The number of carbonyl (C=O) groups excluding carboxylic acids is 3. The highest BCUT2D eigenvalue weighted by Crippen LogP contribution is 2.29. The topological polar surface area (TPSA) is 66.9 Å². The predicted molar refractivity (Wildman–Crippen MR) is 136 cm³/mol. The first-order valence-corrected chi connectivity index (χ1v) is 11.8. The lowest BCUT2D eigenvalue weighted by atomic mass is 10.0. The Morgan fingerprint density at radius 1 is 1.00 bits per heavy atom. The lowest BCUT2D eigenvalue weighted by Crippen LogP contribution is -2.46. The van der Waals surface area contributed by atoms with Gasteiger partial charge in [0.15, 0.2) is 0 Å². The van der Waals surface area contributed by atoms with E-state index in [4.69, 9.17) is 4.74 Å². The van der Waals surface area contributed by atoms with Gasteiger partial charge in [-0.15, -0.1) is 0 Å². The molecule has 3 amide bonds. The van der Waals surface area contributed by atoms with E-state index in [0.29, 0.717) is 35.9 Å². The molecule has 1 saturated heterocycles. The molecule has 1 fully saturated rings. The van der Waals surface area contributed by atoms with E-state index >= 15 is 0 Å². The molecule has 0 saturated carbocycles. The third-order valence-corrected chi connectivity index (χ3v) is 6.38. The second-order valence-electron chi connectivity index (χ2n) is 9.00. The summed E-state index contributed by atoms with van der Waals surface area (Å²) >= 11 is 0. The summed E-state index contributed by atoms with van der Waals surface area (Å²) in [5.41, 5.74) is 3.12. The molecule has 0 N–H and O–H groups in total. The number of anilines is 1. The number of imide groups is 1. The Morgan fingerprint density at radius 2 is 1.71 bits per heavy atom. The molecule has 1 aliphatic heterocycles. The zero-order valence-electron chi connectivity index (χ0n) is 20.3. The van der Waals surface area contributed by atoms with Crippen molar-refractivity contribution in [3.8, 4) is 5.75 Å². The Hall–Kier alpha value is -3.93. The third-order valence-electron chi connectivity index (χ3n) is 6.38. The fraction of sp³-hybridized carbons (Fsp3) is 0.276. The van der Waals surface area contributed by atoms with Gasteiger partial charge >= 0.3 is 0 Å². The smallest absolute Gasteiger partial charge is 0.257 e. The van der Waals surface area contributed by atoms with Crippen LogP contribution in [0.25, 0.3) is 0 Å². The zero-order chi connectivity index (χ0) is 24.9. The quantitative estimate of drug-likeness (QED) is 0.442. The van der Waals surface area contributed by atoms with Gasteiger partial charge in [0, 0.05) is 12.1 Å². The molecule has 180 valence electrons. The molecular formula is C29H30N2O4. The van der Waals surface area contributed by atoms with Gasteiger partial charge < -0.3 is 9.64 Å². The van der Waals surface area contributed by atoms with Crippen LogP contribution < -0.4 is 9.64 Å². The van der Waals surface area contributed by atoms with Crippen molar-refractivity contribution in [1.29, 1.82) is 0 Å². The number of ether oxygens (including phenoxy) is 1. The number of nitrogens with zero attached hydrogens (tertiary/aromatic N) is 2. The zero-order valence-corrected chi connectivity index (χ0v) is 20.3. The summed E-state index contributed by atoms with van der Waals surface area (Å²) in [5.74, 6) is -0.0877. The first-order chi connectivity index (χ1) is 16.9. The minimum absolute atomic E-state index is 0.0464. The first kappa shape index (κ1) is 24.2. The molecule has 1 atom stereocenters. The molecule has 3 aromatic carbocycles. The summed E-state index contributed by atoms with van der Waals surface area (Å²) in [6.45, 7) is 4.49. The number of hydrogen-bond donors (Lipinski definition) is 0. The van der Waals surface area contributed by atoms with Crippen LogP contribution in [0.4, 0.5) is 5.69 Å². The number of methoxy groups -OCH3 is 1. The predicted octanol–water partition coefficient (Wildman–Crippen LogP) is 4.84. The van der Waals surface area contributed by atoms with E-state index in [1.54, 1.807) is 43.5 Å². The van der Waals surface area contributed by atoms with Gasteiger partial charge in [-0.1, -0.05) is 62.4 Å². The number of amides is 3. The van der Waals surface area contributed by atoms with Crippen LogP contribution >= 0.6 is 0 Å². The lowest BCUT2D eigenvalue weighted by molar-refractivity contribution is -0.122. The molecule has 6 heteroatoms. The normalized spacial score (nSPS) is 15.5. The highest BCUT2D eigenvalue weighted by molar-refractivity contribution is 6.23. The largest absolute Gasteiger partial charge is 0.497 e. The van der Waals surface area contributed by atoms with E-state index in [1.165, 1.54) is 9.80 Å². The molecule has 1 heterocycles. The molecule has 0 aromatic heterocycles. The number of carbonyl (C=O) groups is 3. The maximum absolute atomic E-state index is 13.6. The fourth-order valence-electron chi connectivity index (χ4n) is 4.35. The number of rotatable bonds is 8. The Bertz CT molecular complexity index is 1200. The van der Waals surface area contributed by atoms with E-state index in [0.717, 1.165) is 11.1 Å². The van der Waals surface area contributed by atoms with Crippen molar-refractivity contribution in [3.63, 3.8) is 0 Å². The molecule has 4 rings (SSSR count). The lowest BCUT2D eigenvalue weighted by Gasteiger charge is -2.28. The van der Waals surface area contributed by atoms with Crippen molar-refractivity contribution in [3.05, 3.63) is 95.6 Å². The summed E-state index contributed by atoms with van der Waals surface area (Å²) < 4.78 is 5.28. The van der Waals surface area contributed by atoms with E-state index in [2.05, 4.69) is 13.8 Å². The summed E-state index contributed by atoms with van der Waals surface area (Å²) in [6.07, 6.45) is 0.521. The van der Waals surface area contributed by atoms with Crippen molar-refractivity contribution in [2.45, 2.75) is 38.6 Å². The minimum atomic E-state index is -0.866. The van der Waals surface area contributed by atoms with Crippen LogP contribution in [0, 0.1) is 0 Å². The van der Waals surface area contributed by atoms with Crippen LogP contribution in [0.3, 0.4) is 0 Å². The molecule has 35 heavy (non-hydrogen) atoms. The molecular weight excluding hydrogens is 440 g/mol. The SMILES string of the molecule is COc1cccc(C(=O)N(CCc2ccccc2)C2CC(=O)N(c3ccc(C(C)C)cc3)C2=O)c1. The molecule has 0 radical (unpaired) electrons. The van der Waals surface area contributed by atoms with Crippen molar-refractivity contribution >= 4 is 23.4 Å². The van der Waals surface area contributed by atoms with Crippen LogP contribution in [0.5, 0.6) is 5.75 Å². The number of benzene rings is 3. The van der Waals surface area contributed by atoms with Gasteiger partial charge in [-0.2, -0.15) is 0 Å². The van der Waals surface area contributed by atoms with Gasteiger partial charge in [-0.05, 0) is 53.8 Å². The van der Waals surface area contributed by atoms with E-state index in [9.17, 15) is 14.4 Å². The second-order valence-corrected chi connectivity index (χ2v) is 9.00. The monoisotopic (exact) mass is 470 g/mol. The summed E-state index contributed by atoms with van der Waals surface area (Å²) in [4.78, 5) is 42.9. The fourth-order valence-corrected chi connectivity index (χ4v) is 4.35. The van der Waals surface area contributed by atoms with Gasteiger partial charge in [0.25, 0.3) is 11.8 Å². The van der Waals surface area contributed by atoms with Gasteiger partial charge in [0.05, 0.1) is 19.2 Å². The average molecular weight is 471 g/mol. The van der Waals surface area contributed by atoms with E-state index in [-0.39, 0.29) is 24.1 Å². The highest BCUT2D eigenvalue weighted by atomic mass is 16.5. The maximum atomic E-state index is 13.6. The molecule has 0 bridgehead atoms. The highest BCUT2D eigenvalue weighted by Gasteiger charge is 2.44. The summed E-state index contributed by atoms with van der Waals surface area (Å²) in [7, 11) is 1.54. The molecule has 6 nitrogen and oxygen atoms in total. The van der Waals surface area contributed by atoms with Crippen LogP contribution in [0.15, 0.2) is 78.9 Å².